The van der Waals surface area contributed by atoms with Crippen LogP contribution in [0.2, 0.25) is 0 Å². The average molecular weight is 335 g/mol. The molecule has 24 heavy (non-hydrogen) atoms. The molecule has 5 heteroatoms. The zero-order chi connectivity index (χ0) is 18.4. The Morgan fingerprint density at radius 2 is 1.79 bits per heavy atom. The van der Waals surface area contributed by atoms with Crippen LogP contribution in [0.25, 0.3) is 0 Å². The van der Waals surface area contributed by atoms with E-state index in [4.69, 9.17) is 9.47 Å². The highest BCUT2D eigenvalue weighted by atomic mass is 16.5. The molecule has 0 saturated heterocycles. The normalized spacial score (nSPS) is 12.9. The van der Waals surface area contributed by atoms with E-state index in [1.807, 2.05) is 13.8 Å². The summed E-state index contributed by atoms with van der Waals surface area (Å²) in [5.74, 6) is 1.64. The number of aliphatic imine (C=N–C) groups is 1. The largest absolute Gasteiger partial charge is 0.488 e. The Morgan fingerprint density at radius 3 is 2.33 bits per heavy atom. The molecule has 0 heterocycles. The predicted molar refractivity (Wildman–Crippen MR) is 101 cm³/mol. The zero-order valence-electron chi connectivity index (χ0n) is 16.4. The van der Waals surface area contributed by atoms with Gasteiger partial charge in [0.1, 0.15) is 11.4 Å². The molecule has 0 radical (unpaired) electrons. The van der Waals surface area contributed by atoms with Crippen LogP contribution in [0.4, 0.5) is 0 Å². The summed E-state index contributed by atoms with van der Waals surface area (Å²) in [6.07, 6.45) is 0. The molecule has 0 atom stereocenters. The van der Waals surface area contributed by atoms with Gasteiger partial charge in [0.2, 0.25) is 0 Å². The maximum atomic E-state index is 6.09. The summed E-state index contributed by atoms with van der Waals surface area (Å²) in [6, 6.07) is 6.26. The monoisotopic (exact) mass is 335 g/mol. The van der Waals surface area contributed by atoms with Gasteiger partial charge in [-0.05, 0) is 53.2 Å². The van der Waals surface area contributed by atoms with Crippen LogP contribution in [0.3, 0.4) is 0 Å². The van der Waals surface area contributed by atoms with Gasteiger partial charge < -0.3 is 20.1 Å². The molecule has 0 aliphatic carbocycles. The first kappa shape index (κ1) is 20.3. The number of nitrogens with one attached hydrogen (secondary N) is 2. The van der Waals surface area contributed by atoms with Gasteiger partial charge in [0, 0.05) is 32.8 Å². The third-order valence-electron chi connectivity index (χ3n) is 3.54. The Hall–Kier alpha value is -1.75. The van der Waals surface area contributed by atoms with Crippen LogP contribution in [-0.4, -0.2) is 37.9 Å². The lowest BCUT2D eigenvalue weighted by molar-refractivity contribution is 0.0268. The Morgan fingerprint density at radius 1 is 1.12 bits per heavy atom. The van der Waals surface area contributed by atoms with Gasteiger partial charge in [0.05, 0.1) is 5.60 Å². The molecule has 0 spiro atoms. The summed E-state index contributed by atoms with van der Waals surface area (Å²) < 4.78 is 11.5. The molecule has 5 nitrogen and oxygen atoms in total. The molecule has 0 unspecified atom stereocenters. The number of ether oxygens (including phenoxy) is 2. The summed E-state index contributed by atoms with van der Waals surface area (Å²) in [5, 5.41) is 6.61. The van der Waals surface area contributed by atoms with Crippen LogP contribution in [0.5, 0.6) is 5.75 Å². The highest BCUT2D eigenvalue weighted by molar-refractivity contribution is 5.79. The number of hydrogen-bond acceptors (Lipinski definition) is 3. The van der Waals surface area contributed by atoms with E-state index in [1.54, 1.807) is 14.2 Å². The molecule has 1 aromatic carbocycles. The lowest BCUT2D eigenvalue weighted by atomic mass is 10.1. The lowest BCUT2D eigenvalue weighted by Crippen LogP contribution is -2.45. The first-order valence-electron chi connectivity index (χ1n) is 8.34. The zero-order valence-corrected chi connectivity index (χ0v) is 16.4. The van der Waals surface area contributed by atoms with E-state index in [-0.39, 0.29) is 11.2 Å². The van der Waals surface area contributed by atoms with Crippen LogP contribution >= 0.6 is 0 Å². The topological polar surface area (TPSA) is 54.9 Å². The molecule has 2 N–H and O–H groups in total. The fourth-order valence-corrected chi connectivity index (χ4v) is 2.00. The molecule has 1 aromatic rings. The molecule has 1 rings (SSSR count). The summed E-state index contributed by atoms with van der Waals surface area (Å²) in [5.41, 5.74) is 1.80. The minimum Gasteiger partial charge on any atom is -0.488 e. The van der Waals surface area contributed by atoms with Crippen molar-refractivity contribution in [1.29, 1.82) is 0 Å². The van der Waals surface area contributed by atoms with Crippen LogP contribution in [-0.2, 0) is 11.3 Å². The van der Waals surface area contributed by atoms with E-state index in [9.17, 15) is 0 Å². The second-order valence-electron chi connectivity index (χ2n) is 7.57. The van der Waals surface area contributed by atoms with E-state index in [2.05, 4.69) is 61.5 Å². The first-order chi connectivity index (χ1) is 11.1. The minimum absolute atomic E-state index is 0.231. The molecule has 0 aliphatic heterocycles. The van der Waals surface area contributed by atoms with E-state index in [1.165, 1.54) is 5.56 Å². The van der Waals surface area contributed by atoms with Crippen molar-refractivity contribution in [3.8, 4) is 5.75 Å². The van der Waals surface area contributed by atoms with Gasteiger partial charge in [-0.25, -0.2) is 0 Å². The van der Waals surface area contributed by atoms with Gasteiger partial charge in [0.15, 0.2) is 5.96 Å². The van der Waals surface area contributed by atoms with Gasteiger partial charge >= 0.3 is 0 Å². The van der Waals surface area contributed by atoms with Crippen molar-refractivity contribution in [2.45, 2.75) is 59.3 Å². The standard InChI is InChI=1S/C19H33N3O2/c1-14-9-10-15(16(11-14)24-18(2,3)4)12-21-17(20-7)22-13-19(5,6)23-8/h9-11H,12-13H2,1-8H3,(H2,20,21,22). The fraction of sp³-hybridized carbons (Fsp3) is 0.632. The van der Waals surface area contributed by atoms with Crippen molar-refractivity contribution in [1.82, 2.24) is 10.6 Å². The quantitative estimate of drug-likeness (QED) is 0.619. The molecular weight excluding hydrogens is 302 g/mol. The molecule has 0 bridgehead atoms. The Balaban J connectivity index is 2.75. The number of nitrogens with zero attached hydrogens (tertiary/aromatic N) is 1. The highest BCUT2D eigenvalue weighted by Crippen LogP contribution is 2.24. The molecule has 0 fully saturated rings. The first-order valence-corrected chi connectivity index (χ1v) is 8.34. The van der Waals surface area contributed by atoms with Gasteiger partial charge in [0.25, 0.3) is 0 Å². The van der Waals surface area contributed by atoms with E-state index >= 15 is 0 Å². The summed E-state index contributed by atoms with van der Waals surface area (Å²) in [4.78, 5) is 4.26. The van der Waals surface area contributed by atoms with Gasteiger partial charge in [-0.2, -0.15) is 0 Å². The minimum atomic E-state index is -0.248. The van der Waals surface area contributed by atoms with Gasteiger partial charge in [-0.3, -0.25) is 4.99 Å². The second-order valence-corrected chi connectivity index (χ2v) is 7.57. The van der Waals surface area contributed by atoms with Crippen LogP contribution in [0.15, 0.2) is 23.2 Å². The number of benzene rings is 1. The number of rotatable bonds is 6. The second kappa shape index (κ2) is 8.38. The van der Waals surface area contributed by atoms with Gasteiger partial charge in [-0.15, -0.1) is 0 Å². The molecule has 136 valence electrons. The molecule has 0 aromatic heterocycles. The van der Waals surface area contributed by atoms with Crippen molar-refractivity contribution in [3.05, 3.63) is 29.3 Å². The van der Waals surface area contributed by atoms with E-state index < -0.39 is 0 Å². The Labute approximate surface area is 146 Å². The molecule has 0 aliphatic rings. The number of guanidine groups is 1. The number of methoxy groups -OCH3 is 1. The van der Waals surface area contributed by atoms with Crippen molar-refractivity contribution >= 4 is 5.96 Å². The maximum absolute atomic E-state index is 6.09. The van der Waals surface area contributed by atoms with Crippen LogP contribution in [0.1, 0.15) is 45.7 Å². The summed E-state index contributed by atoms with van der Waals surface area (Å²) in [7, 11) is 3.47. The van der Waals surface area contributed by atoms with Crippen molar-refractivity contribution in [3.63, 3.8) is 0 Å². The molecular formula is C19H33N3O2. The molecule has 0 amide bonds. The van der Waals surface area contributed by atoms with Crippen molar-refractivity contribution < 1.29 is 9.47 Å². The highest BCUT2D eigenvalue weighted by Gasteiger charge is 2.17. The van der Waals surface area contributed by atoms with Crippen molar-refractivity contribution in [2.24, 2.45) is 4.99 Å². The third-order valence-corrected chi connectivity index (χ3v) is 3.54. The fourth-order valence-electron chi connectivity index (χ4n) is 2.00. The van der Waals surface area contributed by atoms with Crippen molar-refractivity contribution in [2.75, 3.05) is 20.7 Å². The Bertz CT molecular complexity index is 560. The smallest absolute Gasteiger partial charge is 0.191 e. The average Bonchev–Trinajstić information content (AvgIpc) is 2.47. The van der Waals surface area contributed by atoms with Gasteiger partial charge in [-0.1, -0.05) is 12.1 Å². The van der Waals surface area contributed by atoms with E-state index in [0.717, 1.165) is 17.3 Å². The van der Waals surface area contributed by atoms with E-state index in [0.29, 0.717) is 13.1 Å². The summed E-state index contributed by atoms with van der Waals surface area (Å²) >= 11 is 0. The number of aryl methyl sites for hydroxylation is 1. The lowest BCUT2D eigenvalue weighted by Gasteiger charge is -2.25. The third kappa shape index (κ3) is 7.21. The SMILES string of the molecule is CN=C(NCc1ccc(C)cc1OC(C)(C)C)NCC(C)(C)OC. The van der Waals surface area contributed by atoms with Crippen LogP contribution < -0.4 is 15.4 Å². The maximum Gasteiger partial charge on any atom is 0.191 e. The molecule has 0 saturated carbocycles. The summed E-state index contributed by atoms with van der Waals surface area (Å²) in [6.45, 7) is 13.6. The Kier molecular flexibility index (Phi) is 7.08. The number of hydrogen-bond donors (Lipinski definition) is 2. The van der Waals surface area contributed by atoms with Crippen LogP contribution in [0, 0.1) is 6.92 Å². The predicted octanol–water partition coefficient (Wildman–Crippen LogP) is 3.26.